The maximum absolute atomic E-state index is 13.8. The minimum atomic E-state index is -0.690. The van der Waals surface area contributed by atoms with Crippen LogP contribution in [-0.4, -0.2) is 22.2 Å². The fraction of sp³-hybridized carbons (Fsp3) is 0.179. The summed E-state index contributed by atoms with van der Waals surface area (Å²) in [6, 6.07) is 18.3. The van der Waals surface area contributed by atoms with Crippen LogP contribution in [0.4, 0.5) is 0 Å². The summed E-state index contributed by atoms with van der Waals surface area (Å²) < 4.78 is 7.39. The molecule has 0 spiro atoms. The fourth-order valence-corrected chi connectivity index (χ4v) is 5.54. The van der Waals surface area contributed by atoms with Gasteiger partial charge in [-0.15, -0.1) is 0 Å². The number of esters is 1. The molecular formula is C28H24N2O4S. The molecule has 6 nitrogen and oxygen atoms in total. The number of benzene rings is 3. The SMILES string of the molecule is CCOC(=O)C1=C(C)N=c2s/c(=C/c3cc(C)ccc3O)c(=O)n2[C@H]1c1cccc2ccccc12. The van der Waals surface area contributed by atoms with Gasteiger partial charge < -0.3 is 9.84 Å². The van der Waals surface area contributed by atoms with Crippen LogP contribution in [0.3, 0.4) is 0 Å². The summed E-state index contributed by atoms with van der Waals surface area (Å²) in [5, 5.41) is 12.3. The highest BCUT2D eigenvalue weighted by Crippen LogP contribution is 2.34. The number of aryl methyl sites for hydroxylation is 1. The number of rotatable bonds is 4. The van der Waals surface area contributed by atoms with Gasteiger partial charge in [0.15, 0.2) is 4.80 Å². The average molecular weight is 485 g/mol. The van der Waals surface area contributed by atoms with Gasteiger partial charge in [-0.1, -0.05) is 65.4 Å². The van der Waals surface area contributed by atoms with E-state index in [-0.39, 0.29) is 17.9 Å². The van der Waals surface area contributed by atoms with Crippen molar-refractivity contribution in [2.75, 3.05) is 6.61 Å². The second-order valence-corrected chi connectivity index (χ2v) is 9.44. The van der Waals surface area contributed by atoms with Crippen molar-refractivity contribution in [2.45, 2.75) is 26.8 Å². The third kappa shape index (κ3) is 3.98. The van der Waals surface area contributed by atoms with Crippen molar-refractivity contribution in [3.05, 3.63) is 108 Å². The van der Waals surface area contributed by atoms with Crippen LogP contribution in [0.15, 0.2) is 81.7 Å². The number of thiazole rings is 1. The molecule has 1 atom stereocenters. The molecule has 176 valence electrons. The highest BCUT2D eigenvalue weighted by atomic mass is 32.1. The Morgan fingerprint density at radius 1 is 1.14 bits per heavy atom. The molecule has 0 unspecified atom stereocenters. The molecule has 0 amide bonds. The number of carbonyl (C=O) groups is 1. The van der Waals surface area contributed by atoms with Crippen LogP contribution in [0.2, 0.25) is 0 Å². The number of hydrogen-bond acceptors (Lipinski definition) is 6. The summed E-state index contributed by atoms with van der Waals surface area (Å²) in [6.45, 7) is 5.67. The van der Waals surface area contributed by atoms with E-state index < -0.39 is 12.0 Å². The van der Waals surface area contributed by atoms with E-state index in [2.05, 4.69) is 4.99 Å². The Balaban J connectivity index is 1.82. The van der Waals surface area contributed by atoms with E-state index in [1.54, 1.807) is 30.6 Å². The number of nitrogens with zero attached hydrogens (tertiary/aromatic N) is 2. The highest BCUT2D eigenvalue weighted by Gasteiger charge is 2.34. The topological polar surface area (TPSA) is 80.9 Å². The van der Waals surface area contributed by atoms with E-state index in [0.29, 0.717) is 26.2 Å². The van der Waals surface area contributed by atoms with Gasteiger partial charge in [-0.2, -0.15) is 0 Å². The van der Waals surface area contributed by atoms with Crippen LogP contribution in [0.1, 0.15) is 36.6 Å². The lowest BCUT2D eigenvalue weighted by Gasteiger charge is -2.25. The van der Waals surface area contributed by atoms with Crippen molar-refractivity contribution in [1.29, 1.82) is 0 Å². The molecule has 7 heteroatoms. The average Bonchev–Trinajstić information content (AvgIpc) is 3.14. The Morgan fingerprint density at radius 2 is 1.91 bits per heavy atom. The van der Waals surface area contributed by atoms with Crippen LogP contribution >= 0.6 is 11.3 Å². The summed E-state index contributed by atoms with van der Waals surface area (Å²) in [7, 11) is 0. The third-order valence-corrected chi connectivity index (χ3v) is 7.09. The van der Waals surface area contributed by atoms with Gasteiger partial charge in [-0.25, -0.2) is 9.79 Å². The Kier molecular flexibility index (Phi) is 5.86. The first-order valence-corrected chi connectivity index (χ1v) is 12.2. The molecule has 0 aliphatic carbocycles. The lowest BCUT2D eigenvalue weighted by molar-refractivity contribution is -0.139. The summed E-state index contributed by atoms with van der Waals surface area (Å²) in [5.74, 6) is -0.396. The normalized spacial score (nSPS) is 15.7. The molecule has 0 saturated heterocycles. The van der Waals surface area contributed by atoms with E-state index in [1.165, 1.54) is 11.3 Å². The van der Waals surface area contributed by atoms with Gasteiger partial charge in [0.1, 0.15) is 5.75 Å². The molecule has 1 N–H and O–H groups in total. The molecule has 1 aromatic heterocycles. The molecule has 0 bridgehead atoms. The largest absolute Gasteiger partial charge is 0.507 e. The summed E-state index contributed by atoms with van der Waals surface area (Å²) in [4.78, 5) is 32.1. The number of fused-ring (bicyclic) bond motifs is 2. The number of allylic oxidation sites excluding steroid dienone is 1. The third-order valence-electron chi connectivity index (χ3n) is 6.10. The first kappa shape index (κ1) is 22.8. The minimum Gasteiger partial charge on any atom is -0.507 e. The van der Waals surface area contributed by atoms with E-state index in [4.69, 9.17) is 4.74 Å². The number of carbonyl (C=O) groups excluding carboxylic acids is 1. The van der Waals surface area contributed by atoms with Gasteiger partial charge in [0, 0.05) is 5.56 Å². The molecule has 0 radical (unpaired) electrons. The lowest BCUT2D eigenvalue weighted by atomic mass is 9.91. The minimum absolute atomic E-state index is 0.0930. The Morgan fingerprint density at radius 3 is 2.71 bits per heavy atom. The molecule has 0 saturated carbocycles. The number of aromatic nitrogens is 1. The number of phenols is 1. The molecule has 5 rings (SSSR count). The van der Waals surface area contributed by atoms with Gasteiger partial charge in [0.25, 0.3) is 5.56 Å². The van der Waals surface area contributed by atoms with Crippen LogP contribution in [0, 0.1) is 6.92 Å². The number of aromatic hydroxyl groups is 1. The Hall–Kier alpha value is -3.97. The number of ether oxygens (including phenoxy) is 1. The maximum Gasteiger partial charge on any atom is 0.338 e. The van der Waals surface area contributed by atoms with Gasteiger partial charge in [-0.3, -0.25) is 9.36 Å². The predicted molar refractivity (Wildman–Crippen MR) is 137 cm³/mol. The van der Waals surface area contributed by atoms with Gasteiger partial charge in [-0.05, 0) is 55.3 Å². The Labute approximate surface area is 205 Å². The van der Waals surface area contributed by atoms with E-state index in [0.717, 1.165) is 21.9 Å². The van der Waals surface area contributed by atoms with Gasteiger partial charge in [0.2, 0.25) is 0 Å². The molecule has 4 aromatic rings. The second-order valence-electron chi connectivity index (χ2n) is 8.43. The zero-order chi connectivity index (χ0) is 24.7. The molecule has 35 heavy (non-hydrogen) atoms. The van der Waals surface area contributed by atoms with Crippen LogP contribution in [-0.2, 0) is 9.53 Å². The van der Waals surface area contributed by atoms with Crippen molar-refractivity contribution >= 4 is 34.2 Å². The first-order chi connectivity index (χ1) is 16.9. The van der Waals surface area contributed by atoms with Crippen molar-refractivity contribution < 1.29 is 14.6 Å². The van der Waals surface area contributed by atoms with Crippen molar-refractivity contribution in [1.82, 2.24) is 4.57 Å². The lowest BCUT2D eigenvalue weighted by Crippen LogP contribution is -2.40. The summed E-state index contributed by atoms with van der Waals surface area (Å²) in [6.07, 6.45) is 1.68. The zero-order valence-corrected chi connectivity index (χ0v) is 20.4. The molecule has 2 heterocycles. The molecule has 0 fully saturated rings. The van der Waals surface area contributed by atoms with Crippen molar-refractivity contribution in [3.8, 4) is 5.75 Å². The monoisotopic (exact) mass is 484 g/mol. The van der Waals surface area contributed by atoms with Gasteiger partial charge >= 0.3 is 5.97 Å². The Bertz CT molecular complexity index is 1690. The molecule has 1 aliphatic rings. The standard InChI is InChI=1S/C28H24N2O4S/c1-4-34-27(33)24-17(3)29-28-30(25(24)21-11-7-9-18-8-5-6-10-20(18)21)26(32)23(35-28)15-19-14-16(2)12-13-22(19)31/h5-15,25,31H,4H2,1-3H3/b23-15+/t25-/m0/s1. The molecule has 1 aliphatic heterocycles. The fourth-order valence-electron chi connectivity index (χ4n) is 4.51. The van der Waals surface area contributed by atoms with Crippen molar-refractivity contribution in [3.63, 3.8) is 0 Å². The summed E-state index contributed by atoms with van der Waals surface area (Å²) in [5.41, 5.74) is 2.94. The number of hydrogen-bond donors (Lipinski definition) is 1. The zero-order valence-electron chi connectivity index (χ0n) is 19.6. The van der Waals surface area contributed by atoms with Crippen LogP contribution < -0.4 is 14.9 Å². The molecule has 3 aromatic carbocycles. The number of phenolic OH excluding ortho intramolecular Hbond substituents is 1. The van der Waals surface area contributed by atoms with Crippen molar-refractivity contribution in [2.24, 2.45) is 4.99 Å². The van der Waals surface area contributed by atoms with Gasteiger partial charge in [0.05, 0.1) is 28.5 Å². The molecular weight excluding hydrogens is 460 g/mol. The van der Waals surface area contributed by atoms with Crippen LogP contribution in [0.25, 0.3) is 16.8 Å². The maximum atomic E-state index is 13.8. The van der Waals surface area contributed by atoms with E-state index in [1.807, 2.05) is 61.5 Å². The smallest absolute Gasteiger partial charge is 0.338 e. The van der Waals surface area contributed by atoms with E-state index >= 15 is 0 Å². The second kappa shape index (κ2) is 9.00. The van der Waals surface area contributed by atoms with Crippen LogP contribution in [0.5, 0.6) is 5.75 Å². The van der Waals surface area contributed by atoms with E-state index in [9.17, 15) is 14.7 Å². The summed E-state index contributed by atoms with van der Waals surface area (Å²) >= 11 is 1.24. The highest BCUT2D eigenvalue weighted by molar-refractivity contribution is 7.07. The quantitative estimate of drug-likeness (QED) is 0.445. The first-order valence-electron chi connectivity index (χ1n) is 11.4. The predicted octanol–water partition coefficient (Wildman–Crippen LogP) is 3.97.